The Labute approximate surface area is 116 Å². The fourth-order valence-electron chi connectivity index (χ4n) is 1.52. The Morgan fingerprint density at radius 3 is 2.80 bits per heavy atom. The van der Waals surface area contributed by atoms with Gasteiger partial charge in [0.25, 0.3) is 0 Å². The summed E-state index contributed by atoms with van der Waals surface area (Å²) in [6.07, 6.45) is 3.20. The van der Waals surface area contributed by atoms with Crippen LogP contribution in [-0.4, -0.2) is 27.1 Å². The van der Waals surface area contributed by atoms with Gasteiger partial charge in [0.05, 0.1) is 0 Å². The van der Waals surface area contributed by atoms with Crippen molar-refractivity contribution < 1.29 is 14.6 Å². The molecule has 0 radical (unpaired) electrons. The molecule has 0 aliphatic rings. The molecule has 20 heavy (non-hydrogen) atoms. The minimum atomic E-state index is -0.880. The van der Waals surface area contributed by atoms with E-state index in [1.54, 1.807) is 31.5 Å². The van der Waals surface area contributed by atoms with Crippen molar-refractivity contribution in [2.45, 2.75) is 19.5 Å². The van der Waals surface area contributed by atoms with Crippen molar-refractivity contribution in [3.63, 3.8) is 0 Å². The van der Waals surface area contributed by atoms with Crippen LogP contribution in [0.2, 0.25) is 0 Å². The highest BCUT2D eigenvalue weighted by Gasteiger charge is 2.09. The summed E-state index contributed by atoms with van der Waals surface area (Å²) in [6.45, 7) is 2.04. The Balaban J connectivity index is 1.99. The molecule has 6 nitrogen and oxygen atoms in total. The van der Waals surface area contributed by atoms with Crippen LogP contribution in [0.15, 0.2) is 42.7 Å². The van der Waals surface area contributed by atoms with Gasteiger partial charge in [0.2, 0.25) is 0 Å². The number of hydrogen-bond acceptors (Lipinski definition) is 5. The minimum Gasteiger partial charge on any atom is -0.480 e. The number of aromatic nitrogens is 2. The summed E-state index contributed by atoms with van der Waals surface area (Å²) < 4.78 is 5.51. The third-order valence-corrected chi connectivity index (χ3v) is 2.63. The number of nitrogens with one attached hydrogen (secondary N) is 1. The van der Waals surface area contributed by atoms with Gasteiger partial charge in [-0.1, -0.05) is 12.1 Å². The molecule has 0 saturated carbocycles. The van der Waals surface area contributed by atoms with Crippen LogP contribution in [0.1, 0.15) is 12.5 Å². The lowest BCUT2D eigenvalue weighted by Gasteiger charge is -2.10. The molecule has 0 aliphatic carbocycles. The molecule has 2 rings (SSSR count). The van der Waals surface area contributed by atoms with E-state index in [-0.39, 0.29) is 6.01 Å². The molecule has 0 spiro atoms. The molecule has 2 N–H and O–H groups in total. The first-order valence-corrected chi connectivity index (χ1v) is 6.15. The second kappa shape index (κ2) is 6.63. The Morgan fingerprint density at radius 1 is 1.35 bits per heavy atom. The first-order chi connectivity index (χ1) is 9.65. The number of ether oxygens (including phenoxy) is 1. The van der Waals surface area contributed by atoms with Gasteiger partial charge in [-0.3, -0.25) is 4.79 Å². The maximum Gasteiger partial charge on any atom is 0.321 e. The molecular formula is C14H15N3O3. The largest absolute Gasteiger partial charge is 0.480 e. The highest BCUT2D eigenvalue weighted by Crippen LogP contribution is 2.18. The zero-order valence-corrected chi connectivity index (χ0v) is 11.0. The molecule has 0 aliphatic heterocycles. The topological polar surface area (TPSA) is 84.3 Å². The molecule has 0 amide bonds. The van der Waals surface area contributed by atoms with Crippen LogP contribution in [0.4, 0.5) is 0 Å². The SMILES string of the molecule is CC(NCc1cccc(Oc2ncccn2)c1)C(=O)O. The minimum absolute atomic E-state index is 0.275. The van der Waals surface area contributed by atoms with Crippen molar-refractivity contribution >= 4 is 5.97 Å². The van der Waals surface area contributed by atoms with Gasteiger partial charge in [0.1, 0.15) is 11.8 Å². The fraction of sp³-hybridized carbons (Fsp3) is 0.214. The van der Waals surface area contributed by atoms with Crippen LogP contribution in [-0.2, 0) is 11.3 Å². The van der Waals surface area contributed by atoms with E-state index in [2.05, 4.69) is 15.3 Å². The standard InChI is InChI=1S/C14H15N3O3/c1-10(13(18)19)17-9-11-4-2-5-12(8-11)20-14-15-6-3-7-16-14/h2-8,10,17H,9H2,1H3,(H,18,19). The predicted molar refractivity (Wildman–Crippen MR) is 72.5 cm³/mol. The summed E-state index contributed by atoms with van der Waals surface area (Å²) in [4.78, 5) is 18.7. The molecule has 104 valence electrons. The molecule has 0 fully saturated rings. The molecule has 1 aromatic carbocycles. The van der Waals surface area contributed by atoms with Crippen LogP contribution in [0.25, 0.3) is 0 Å². The van der Waals surface area contributed by atoms with E-state index in [4.69, 9.17) is 9.84 Å². The van der Waals surface area contributed by atoms with Crippen LogP contribution in [0.5, 0.6) is 11.8 Å². The van der Waals surface area contributed by atoms with Gasteiger partial charge in [-0.2, -0.15) is 0 Å². The van der Waals surface area contributed by atoms with E-state index in [0.717, 1.165) is 5.56 Å². The summed E-state index contributed by atoms with van der Waals surface area (Å²) in [6, 6.07) is 8.72. The van der Waals surface area contributed by atoms with E-state index in [1.165, 1.54) is 0 Å². The van der Waals surface area contributed by atoms with Gasteiger partial charge in [-0.25, -0.2) is 9.97 Å². The quantitative estimate of drug-likeness (QED) is 0.835. The third-order valence-electron chi connectivity index (χ3n) is 2.63. The van der Waals surface area contributed by atoms with Crippen molar-refractivity contribution in [3.8, 4) is 11.8 Å². The lowest BCUT2D eigenvalue weighted by atomic mass is 10.2. The van der Waals surface area contributed by atoms with E-state index in [0.29, 0.717) is 12.3 Å². The third kappa shape index (κ3) is 4.03. The fourth-order valence-corrected chi connectivity index (χ4v) is 1.52. The number of carbonyl (C=O) groups is 1. The number of aliphatic carboxylic acids is 1. The molecular weight excluding hydrogens is 258 g/mol. The normalized spacial score (nSPS) is 11.8. The number of hydrogen-bond donors (Lipinski definition) is 2. The first-order valence-electron chi connectivity index (χ1n) is 6.15. The maximum atomic E-state index is 10.7. The van der Waals surface area contributed by atoms with Crippen LogP contribution in [0, 0.1) is 0 Å². The molecule has 6 heteroatoms. The van der Waals surface area contributed by atoms with E-state index in [1.807, 2.05) is 18.2 Å². The molecule has 1 unspecified atom stereocenters. The smallest absolute Gasteiger partial charge is 0.321 e. The van der Waals surface area contributed by atoms with Crippen molar-refractivity contribution in [2.24, 2.45) is 0 Å². The van der Waals surface area contributed by atoms with Crippen molar-refractivity contribution in [1.29, 1.82) is 0 Å². The second-order valence-corrected chi connectivity index (χ2v) is 4.22. The summed E-state index contributed by atoms with van der Waals surface area (Å²) in [7, 11) is 0. The lowest BCUT2D eigenvalue weighted by Crippen LogP contribution is -2.33. The van der Waals surface area contributed by atoms with Crippen LogP contribution < -0.4 is 10.1 Å². The van der Waals surface area contributed by atoms with E-state index in [9.17, 15) is 4.79 Å². The number of carboxylic acids is 1. The van der Waals surface area contributed by atoms with Gasteiger partial charge in [-0.05, 0) is 30.7 Å². The Hall–Kier alpha value is -2.47. The average molecular weight is 273 g/mol. The monoisotopic (exact) mass is 273 g/mol. The summed E-state index contributed by atoms with van der Waals surface area (Å²) in [5.74, 6) is -0.270. The molecule has 1 aromatic heterocycles. The Kier molecular flexibility index (Phi) is 4.62. The van der Waals surface area contributed by atoms with Crippen molar-refractivity contribution in [1.82, 2.24) is 15.3 Å². The van der Waals surface area contributed by atoms with Gasteiger partial charge < -0.3 is 15.2 Å². The van der Waals surface area contributed by atoms with E-state index < -0.39 is 12.0 Å². The summed E-state index contributed by atoms with van der Waals surface area (Å²) in [5, 5.41) is 11.7. The molecule has 2 aromatic rings. The number of nitrogens with zero attached hydrogens (tertiary/aromatic N) is 2. The highest BCUT2D eigenvalue weighted by atomic mass is 16.5. The number of carboxylic acid groups (broad SMARTS) is 1. The van der Waals surface area contributed by atoms with Crippen molar-refractivity contribution in [2.75, 3.05) is 0 Å². The van der Waals surface area contributed by atoms with Crippen LogP contribution in [0.3, 0.4) is 0 Å². The average Bonchev–Trinajstić information content (AvgIpc) is 2.46. The predicted octanol–water partition coefficient (Wildman–Crippen LogP) is 1.83. The summed E-state index contributed by atoms with van der Waals surface area (Å²) in [5.41, 5.74) is 0.923. The zero-order chi connectivity index (χ0) is 14.4. The molecule has 0 saturated heterocycles. The Morgan fingerprint density at radius 2 is 2.10 bits per heavy atom. The number of rotatable bonds is 6. The molecule has 0 bridgehead atoms. The second-order valence-electron chi connectivity index (χ2n) is 4.22. The van der Waals surface area contributed by atoms with Gasteiger partial charge in [0, 0.05) is 18.9 Å². The zero-order valence-electron chi connectivity index (χ0n) is 11.0. The van der Waals surface area contributed by atoms with Gasteiger partial charge >= 0.3 is 12.0 Å². The summed E-state index contributed by atoms with van der Waals surface area (Å²) >= 11 is 0. The van der Waals surface area contributed by atoms with Gasteiger partial charge in [0.15, 0.2) is 0 Å². The number of benzene rings is 1. The van der Waals surface area contributed by atoms with Gasteiger partial charge in [-0.15, -0.1) is 0 Å². The first kappa shape index (κ1) is 14.0. The van der Waals surface area contributed by atoms with Crippen molar-refractivity contribution in [3.05, 3.63) is 48.3 Å². The lowest BCUT2D eigenvalue weighted by molar-refractivity contribution is -0.139. The Bertz CT molecular complexity index is 575. The van der Waals surface area contributed by atoms with E-state index >= 15 is 0 Å². The maximum absolute atomic E-state index is 10.7. The highest BCUT2D eigenvalue weighted by molar-refractivity contribution is 5.72. The molecule has 1 atom stereocenters. The molecule has 1 heterocycles. The van der Waals surface area contributed by atoms with Crippen LogP contribution >= 0.6 is 0 Å².